The standard InChI is InChI=1S/C10H15N3O2/c1-13(9-5-3-4-6-12-9)10(14)8(11)7-15-2/h3-6,8H,7,11H2,1-2H3. The zero-order chi connectivity index (χ0) is 11.3. The SMILES string of the molecule is COCC(N)C(=O)N(C)c1ccccn1. The van der Waals surface area contributed by atoms with Gasteiger partial charge in [-0.3, -0.25) is 9.69 Å². The number of amides is 1. The number of hydrogen-bond donors (Lipinski definition) is 1. The van der Waals surface area contributed by atoms with Gasteiger partial charge in [0, 0.05) is 20.4 Å². The van der Waals surface area contributed by atoms with Crippen molar-refractivity contribution in [1.29, 1.82) is 0 Å². The Kier molecular flexibility index (Phi) is 4.20. The van der Waals surface area contributed by atoms with E-state index >= 15 is 0 Å². The Bertz CT molecular complexity index is 316. The van der Waals surface area contributed by atoms with Crippen LogP contribution in [0.4, 0.5) is 5.82 Å². The number of pyridine rings is 1. The summed E-state index contributed by atoms with van der Waals surface area (Å²) in [6.07, 6.45) is 1.63. The first-order valence-electron chi connectivity index (χ1n) is 4.60. The first-order valence-corrected chi connectivity index (χ1v) is 4.60. The molecule has 0 saturated heterocycles. The van der Waals surface area contributed by atoms with Gasteiger partial charge in [0.1, 0.15) is 11.9 Å². The summed E-state index contributed by atoms with van der Waals surface area (Å²) in [7, 11) is 3.15. The maximum atomic E-state index is 11.7. The van der Waals surface area contributed by atoms with E-state index in [2.05, 4.69) is 4.98 Å². The molecule has 5 nitrogen and oxygen atoms in total. The number of nitrogens with zero attached hydrogens (tertiary/aromatic N) is 2. The van der Waals surface area contributed by atoms with Crippen molar-refractivity contribution in [2.75, 3.05) is 25.7 Å². The van der Waals surface area contributed by atoms with Gasteiger partial charge in [-0.2, -0.15) is 0 Å². The molecule has 1 heterocycles. The minimum atomic E-state index is -0.651. The van der Waals surface area contributed by atoms with E-state index < -0.39 is 6.04 Å². The second-order valence-electron chi connectivity index (χ2n) is 3.15. The Balaban J connectivity index is 2.69. The summed E-state index contributed by atoms with van der Waals surface area (Å²) in [6, 6.07) is 4.70. The Morgan fingerprint density at radius 3 is 2.93 bits per heavy atom. The molecule has 0 aliphatic rings. The van der Waals surface area contributed by atoms with Crippen LogP contribution in [0.1, 0.15) is 0 Å². The molecule has 0 aromatic carbocycles. The molecule has 1 unspecified atom stereocenters. The van der Waals surface area contributed by atoms with Crippen molar-refractivity contribution in [3.63, 3.8) is 0 Å². The van der Waals surface area contributed by atoms with Crippen molar-refractivity contribution >= 4 is 11.7 Å². The first kappa shape index (κ1) is 11.6. The number of aromatic nitrogens is 1. The number of nitrogens with two attached hydrogens (primary N) is 1. The summed E-state index contributed by atoms with van der Waals surface area (Å²) in [5.74, 6) is 0.365. The molecule has 1 aromatic rings. The summed E-state index contributed by atoms with van der Waals surface area (Å²) in [4.78, 5) is 17.2. The van der Waals surface area contributed by atoms with Crippen LogP contribution in [-0.2, 0) is 9.53 Å². The minimum Gasteiger partial charge on any atom is -0.383 e. The minimum absolute atomic E-state index is 0.204. The molecule has 15 heavy (non-hydrogen) atoms. The Hall–Kier alpha value is -1.46. The van der Waals surface area contributed by atoms with Crippen molar-refractivity contribution < 1.29 is 9.53 Å². The van der Waals surface area contributed by atoms with Gasteiger partial charge in [-0.05, 0) is 12.1 Å². The fourth-order valence-corrected chi connectivity index (χ4v) is 1.16. The number of methoxy groups -OCH3 is 1. The number of anilines is 1. The monoisotopic (exact) mass is 209 g/mol. The fourth-order valence-electron chi connectivity index (χ4n) is 1.16. The predicted octanol–water partition coefficient (Wildman–Crippen LogP) is 0.0181. The van der Waals surface area contributed by atoms with Gasteiger partial charge in [0.15, 0.2) is 0 Å². The number of carbonyl (C=O) groups excluding carboxylic acids is 1. The van der Waals surface area contributed by atoms with Crippen LogP contribution >= 0.6 is 0 Å². The summed E-state index contributed by atoms with van der Waals surface area (Å²) < 4.78 is 4.82. The smallest absolute Gasteiger partial charge is 0.247 e. The second kappa shape index (κ2) is 5.43. The molecule has 1 atom stereocenters. The zero-order valence-corrected chi connectivity index (χ0v) is 8.88. The molecule has 0 fully saturated rings. The maximum Gasteiger partial charge on any atom is 0.247 e. The van der Waals surface area contributed by atoms with Crippen LogP contribution in [0.3, 0.4) is 0 Å². The third-order valence-corrected chi connectivity index (χ3v) is 1.99. The molecule has 0 bridgehead atoms. The summed E-state index contributed by atoms with van der Waals surface area (Å²) >= 11 is 0. The van der Waals surface area contributed by atoms with Crippen molar-refractivity contribution in [2.24, 2.45) is 5.73 Å². The quantitative estimate of drug-likeness (QED) is 0.759. The van der Waals surface area contributed by atoms with Gasteiger partial charge in [0.2, 0.25) is 5.91 Å². The number of rotatable bonds is 4. The highest BCUT2D eigenvalue weighted by atomic mass is 16.5. The molecule has 0 saturated carbocycles. The highest BCUT2D eigenvalue weighted by molar-refractivity contribution is 5.95. The van der Waals surface area contributed by atoms with Crippen molar-refractivity contribution in [3.8, 4) is 0 Å². The van der Waals surface area contributed by atoms with Crippen molar-refractivity contribution in [3.05, 3.63) is 24.4 Å². The fraction of sp³-hybridized carbons (Fsp3) is 0.400. The lowest BCUT2D eigenvalue weighted by Gasteiger charge is -2.19. The predicted molar refractivity (Wildman–Crippen MR) is 57.5 cm³/mol. The largest absolute Gasteiger partial charge is 0.383 e. The summed E-state index contributed by atoms with van der Waals surface area (Å²) in [5.41, 5.74) is 5.62. The zero-order valence-electron chi connectivity index (χ0n) is 8.88. The Morgan fingerprint density at radius 1 is 1.67 bits per heavy atom. The van der Waals surface area contributed by atoms with E-state index in [9.17, 15) is 4.79 Å². The van der Waals surface area contributed by atoms with Gasteiger partial charge in [-0.25, -0.2) is 4.98 Å². The third kappa shape index (κ3) is 3.00. The lowest BCUT2D eigenvalue weighted by molar-refractivity contribution is -0.120. The second-order valence-corrected chi connectivity index (χ2v) is 3.15. The van der Waals surface area contributed by atoms with E-state index in [-0.39, 0.29) is 12.5 Å². The van der Waals surface area contributed by atoms with Gasteiger partial charge in [0.05, 0.1) is 6.61 Å². The molecule has 0 aliphatic carbocycles. The topological polar surface area (TPSA) is 68.5 Å². The van der Waals surface area contributed by atoms with Crippen LogP contribution in [0.25, 0.3) is 0 Å². The van der Waals surface area contributed by atoms with Crippen LogP contribution < -0.4 is 10.6 Å². The van der Waals surface area contributed by atoms with Crippen LogP contribution in [0.15, 0.2) is 24.4 Å². The van der Waals surface area contributed by atoms with E-state index in [4.69, 9.17) is 10.5 Å². The van der Waals surface area contributed by atoms with Crippen LogP contribution in [0.5, 0.6) is 0 Å². The number of likely N-dealkylation sites (N-methyl/N-ethyl adjacent to an activating group) is 1. The first-order chi connectivity index (χ1) is 7.16. The lowest BCUT2D eigenvalue weighted by Crippen LogP contribution is -2.44. The van der Waals surface area contributed by atoms with Crippen molar-refractivity contribution in [1.82, 2.24) is 4.98 Å². The lowest BCUT2D eigenvalue weighted by atomic mass is 10.3. The van der Waals surface area contributed by atoms with E-state index in [1.54, 1.807) is 25.4 Å². The molecular formula is C10H15N3O2. The molecule has 0 spiro atoms. The van der Waals surface area contributed by atoms with E-state index in [1.807, 2.05) is 6.07 Å². The van der Waals surface area contributed by atoms with Crippen LogP contribution in [-0.4, -0.2) is 37.7 Å². The molecule has 5 heteroatoms. The van der Waals surface area contributed by atoms with Crippen molar-refractivity contribution in [2.45, 2.75) is 6.04 Å². The molecule has 1 aromatic heterocycles. The Labute approximate surface area is 88.9 Å². The van der Waals surface area contributed by atoms with Gasteiger partial charge in [-0.15, -0.1) is 0 Å². The molecule has 0 radical (unpaired) electrons. The molecule has 2 N–H and O–H groups in total. The summed E-state index contributed by atoms with van der Waals surface area (Å²) in [5, 5.41) is 0. The number of carbonyl (C=O) groups is 1. The average molecular weight is 209 g/mol. The van der Waals surface area contributed by atoms with Crippen LogP contribution in [0.2, 0.25) is 0 Å². The molecule has 1 rings (SSSR count). The summed E-state index contributed by atoms with van der Waals surface area (Å²) in [6.45, 7) is 0.204. The maximum absolute atomic E-state index is 11.7. The van der Waals surface area contributed by atoms with E-state index in [1.165, 1.54) is 12.0 Å². The van der Waals surface area contributed by atoms with Crippen LogP contribution in [0, 0.1) is 0 Å². The van der Waals surface area contributed by atoms with E-state index in [0.29, 0.717) is 5.82 Å². The average Bonchev–Trinajstić information content (AvgIpc) is 2.28. The van der Waals surface area contributed by atoms with Gasteiger partial charge >= 0.3 is 0 Å². The molecular weight excluding hydrogens is 194 g/mol. The van der Waals surface area contributed by atoms with Gasteiger partial charge in [-0.1, -0.05) is 6.07 Å². The number of ether oxygens (including phenoxy) is 1. The normalized spacial score (nSPS) is 12.2. The number of hydrogen-bond acceptors (Lipinski definition) is 4. The molecule has 1 amide bonds. The van der Waals surface area contributed by atoms with Gasteiger partial charge < -0.3 is 10.5 Å². The van der Waals surface area contributed by atoms with Gasteiger partial charge in [0.25, 0.3) is 0 Å². The highest BCUT2D eigenvalue weighted by Gasteiger charge is 2.19. The highest BCUT2D eigenvalue weighted by Crippen LogP contribution is 2.07. The third-order valence-electron chi connectivity index (χ3n) is 1.99. The Morgan fingerprint density at radius 2 is 2.40 bits per heavy atom. The molecule has 82 valence electrons. The molecule has 0 aliphatic heterocycles. The van der Waals surface area contributed by atoms with E-state index in [0.717, 1.165) is 0 Å².